The molecule has 10 heteroatoms. The minimum atomic E-state index is -3.79. The first-order chi connectivity index (χ1) is 10.1. The Kier molecular flexibility index (Phi) is 5.66. The summed E-state index contributed by atoms with van der Waals surface area (Å²) >= 11 is 0. The topological polar surface area (TPSA) is 122 Å². The minimum Gasteiger partial charge on any atom is -0.480 e. The third-order valence-electron chi connectivity index (χ3n) is 3.32. The van der Waals surface area contributed by atoms with Crippen molar-refractivity contribution in [3.05, 3.63) is 12.0 Å². The van der Waals surface area contributed by atoms with Gasteiger partial charge in [-0.25, -0.2) is 22.9 Å². The first-order valence-electron chi connectivity index (χ1n) is 6.54. The van der Waals surface area contributed by atoms with Crippen molar-refractivity contribution < 1.29 is 23.1 Å². The van der Waals surface area contributed by atoms with Gasteiger partial charge in [0.1, 0.15) is 11.9 Å². The molecule has 124 valence electrons. The number of amides is 1. The standard InChI is InChI=1S/C12H20N4O5S/c1-8(12(18)19)16(4)11(17)5-6-13-22(20,21)10-7-15(3)9(2)14-10/h7-8,13H,5-6H2,1-4H3,(H,18,19). The fraction of sp³-hybridized carbons (Fsp3) is 0.583. The highest BCUT2D eigenvalue weighted by molar-refractivity contribution is 7.89. The van der Waals surface area contributed by atoms with Crippen LogP contribution in [0.4, 0.5) is 0 Å². The molecule has 0 bridgehead atoms. The molecular formula is C12H20N4O5S. The van der Waals surface area contributed by atoms with Crippen LogP contribution in [0.2, 0.25) is 0 Å². The number of hydrogen-bond donors (Lipinski definition) is 2. The van der Waals surface area contributed by atoms with Gasteiger partial charge in [0.25, 0.3) is 10.0 Å². The summed E-state index contributed by atoms with van der Waals surface area (Å²) in [6.45, 7) is 2.92. The average molecular weight is 332 g/mol. The van der Waals surface area contributed by atoms with E-state index in [0.717, 1.165) is 4.90 Å². The monoisotopic (exact) mass is 332 g/mol. The van der Waals surface area contributed by atoms with E-state index in [1.807, 2.05) is 0 Å². The smallest absolute Gasteiger partial charge is 0.326 e. The molecule has 1 rings (SSSR count). The first kappa shape index (κ1) is 18.1. The summed E-state index contributed by atoms with van der Waals surface area (Å²) in [5.41, 5.74) is 0. The Labute approximate surface area is 129 Å². The van der Waals surface area contributed by atoms with Crippen molar-refractivity contribution in [2.24, 2.45) is 7.05 Å². The number of carbonyl (C=O) groups excluding carboxylic acids is 1. The third kappa shape index (κ3) is 4.28. The van der Waals surface area contributed by atoms with Crippen LogP contribution in [0.15, 0.2) is 11.2 Å². The summed E-state index contributed by atoms with van der Waals surface area (Å²) in [7, 11) is -0.756. The fourth-order valence-corrected chi connectivity index (χ4v) is 2.65. The maximum atomic E-state index is 12.0. The van der Waals surface area contributed by atoms with Crippen molar-refractivity contribution in [1.29, 1.82) is 0 Å². The van der Waals surface area contributed by atoms with Crippen molar-refractivity contribution in [2.45, 2.75) is 31.3 Å². The number of aryl methyl sites for hydroxylation is 2. The zero-order chi connectivity index (χ0) is 17.1. The van der Waals surface area contributed by atoms with Gasteiger partial charge in [0, 0.05) is 33.3 Å². The molecule has 0 fully saturated rings. The molecule has 0 aromatic carbocycles. The van der Waals surface area contributed by atoms with Gasteiger partial charge in [-0.15, -0.1) is 0 Å². The molecule has 0 spiro atoms. The van der Waals surface area contributed by atoms with Crippen molar-refractivity contribution in [2.75, 3.05) is 13.6 Å². The molecule has 2 N–H and O–H groups in total. The molecule has 9 nitrogen and oxygen atoms in total. The second kappa shape index (κ2) is 6.88. The van der Waals surface area contributed by atoms with Crippen molar-refractivity contribution in [3.63, 3.8) is 0 Å². The maximum Gasteiger partial charge on any atom is 0.326 e. The number of sulfonamides is 1. The number of hydrogen-bond acceptors (Lipinski definition) is 5. The molecule has 1 unspecified atom stereocenters. The number of carboxylic acids is 1. The highest BCUT2D eigenvalue weighted by atomic mass is 32.2. The highest BCUT2D eigenvalue weighted by Gasteiger charge is 2.23. The number of likely N-dealkylation sites (N-methyl/N-ethyl adjacent to an activating group) is 1. The number of carbonyl (C=O) groups is 2. The summed E-state index contributed by atoms with van der Waals surface area (Å²) < 4.78 is 27.8. The Morgan fingerprint density at radius 3 is 2.55 bits per heavy atom. The number of nitrogens with one attached hydrogen (secondary N) is 1. The number of nitrogens with zero attached hydrogens (tertiary/aromatic N) is 3. The molecule has 0 radical (unpaired) electrons. The fourth-order valence-electron chi connectivity index (χ4n) is 1.58. The molecule has 1 heterocycles. The molecule has 0 saturated heterocycles. The van der Waals surface area contributed by atoms with Crippen molar-refractivity contribution in [3.8, 4) is 0 Å². The molecule has 22 heavy (non-hydrogen) atoms. The van der Waals surface area contributed by atoms with E-state index in [1.165, 1.54) is 20.2 Å². The van der Waals surface area contributed by atoms with Crippen LogP contribution in [-0.2, 0) is 26.7 Å². The van der Waals surface area contributed by atoms with Crippen LogP contribution in [0.3, 0.4) is 0 Å². The van der Waals surface area contributed by atoms with E-state index in [-0.39, 0.29) is 18.0 Å². The van der Waals surface area contributed by atoms with E-state index in [9.17, 15) is 18.0 Å². The third-order valence-corrected chi connectivity index (χ3v) is 4.66. The number of rotatable bonds is 7. The molecule has 0 aliphatic heterocycles. The number of imidazole rings is 1. The van der Waals surface area contributed by atoms with E-state index in [4.69, 9.17) is 5.11 Å². The zero-order valence-corrected chi connectivity index (χ0v) is 13.7. The van der Waals surface area contributed by atoms with E-state index in [1.54, 1.807) is 18.5 Å². The molecule has 1 atom stereocenters. The van der Waals surface area contributed by atoms with Gasteiger partial charge in [-0.2, -0.15) is 0 Å². The van der Waals surface area contributed by atoms with Gasteiger partial charge in [-0.1, -0.05) is 0 Å². The number of aliphatic carboxylic acids is 1. The number of carboxylic acid groups (broad SMARTS) is 1. The van der Waals surface area contributed by atoms with Gasteiger partial charge in [0.2, 0.25) is 5.91 Å². The largest absolute Gasteiger partial charge is 0.480 e. The maximum absolute atomic E-state index is 12.0. The summed E-state index contributed by atoms with van der Waals surface area (Å²) in [5.74, 6) is -1.04. The van der Waals surface area contributed by atoms with Gasteiger partial charge in [-0.05, 0) is 13.8 Å². The summed E-state index contributed by atoms with van der Waals surface area (Å²) in [4.78, 5) is 27.5. The quantitative estimate of drug-likeness (QED) is 0.683. The summed E-state index contributed by atoms with van der Waals surface area (Å²) in [5, 5.41) is 8.70. The lowest BCUT2D eigenvalue weighted by atomic mass is 10.2. The molecule has 1 aromatic heterocycles. The first-order valence-corrected chi connectivity index (χ1v) is 8.02. The SMILES string of the molecule is Cc1nc(S(=O)(=O)NCCC(=O)N(C)C(C)C(=O)O)cn1C. The van der Waals surface area contributed by atoms with Crippen molar-refractivity contribution in [1.82, 2.24) is 19.2 Å². The molecule has 1 amide bonds. The molecule has 0 aliphatic rings. The predicted molar refractivity (Wildman–Crippen MR) is 77.6 cm³/mol. The van der Waals surface area contributed by atoms with Crippen LogP contribution in [0, 0.1) is 6.92 Å². The van der Waals surface area contributed by atoms with Gasteiger partial charge >= 0.3 is 5.97 Å². The summed E-state index contributed by atoms with van der Waals surface area (Å²) in [6, 6.07) is -0.970. The van der Waals surface area contributed by atoms with Gasteiger partial charge < -0.3 is 14.6 Å². The Hall–Kier alpha value is -1.94. The van der Waals surface area contributed by atoms with Crippen LogP contribution in [0.1, 0.15) is 19.2 Å². The Balaban J connectivity index is 2.60. The van der Waals surface area contributed by atoms with Crippen molar-refractivity contribution >= 4 is 21.9 Å². The van der Waals surface area contributed by atoms with E-state index in [2.05, 4.69) is 9.71 Å². The highest BCUT2D eigenvalue weighted by Crippen LogP contribution is 2.07. The van der Waals surface area contributed by atoms with E-state index >= 15 is 0 Å². The Morgan fingerprint density at radius 1 is 1.50 bits per heavy atom. The van der Waals surface area contributed by atoms with E-state index in [0.29, 0.717) is 5.82 Å². The van der Waals surface area contributed by atoms with Gasteiger partial charge in [0.05, 0.1) is 0 Å². The summed E-state index contributed by atoms with van der Waals surface area (Å²) in [6.07, 6.45) is 1.23. The molecule has 0 aliphatic carbocycles. The molecule has 0 saturated carbocycles. The predicted octanol–water partition coefficient (Wildman–Crippen LogP) is -0.672. The lowest BCUT2D eigenvalue weighted by Gasteiger charge is -2.21. The van der Waals surface area contributed by atoms with Crippen LogP contribution < -0.4 is 4.72 Å². The molecular weight excluding hydrogens is 312 g/mol. The lowest BCUT2D eigenvalue weighted by Crippen LogP contribution is -2.41. The minimum absolute atomic E-state index is 0.118. The zero-order valence-electron chi connectivity index (χ0n) is 12.9. The number of aromatic nitrogens is 2. The second-order valence-electron chi connectivity index (χ2n) is 4.90. The van der Waals surface area contributed by atoms with Crippen LogP contribution in [-0.4, -0.2) is 59.5 Å². The Bertz CT molecular complexity index is 648. The normalized spacial score (nSPS) is 12.9. The van der Waals surface area contributed by atoms with Crippen LogP contribution >= 0.6 is 0 Å². The van der Waals surface area contributed by atoms with E-state index < -0.39 is 27.9 Å². The average Bonchev–Trinajstić information content (AvgIpc) is 2.77. The van der Waals surface area contributed by atoms with Crippen LogP contribution in [0.25, 0.3) is 0 Å². The molecule has 1 aromatic rings. The van der Waals surface area contributed by atoms with Crippen LogP contribution in [0.5, 0.6) is 0 Å². The van der Waals surface area contributed by atoms with Gasteiger partial charge in [0.15, 0.2) is 5.03 Å². The Morgan fingerprint density at radius 2 is 2.09 bits per heavy atom. The lowest BCUT2D eigenvalue weighted by molar-refractivity contribution is -0.148. The second-order valence-corrected chi connectivity index (χ2v) is 6.62. The van der Waals surface area contributed by atoms with Gasteiger partial charge in [-0.3, -0.25) is 4.79 Å².